The monoisotopic (exact) mass is 246 g/mol. The number of likely N-dealkylation sites (N-methyl/N-ethyl adjacent to an activating group) is 1. The van der Waals surface area contributed by atoms with E-state index in [0.717, 1.165) is 5.56 Å². The predicted octanol–water partition coefficient (Wildman–Crippen LogP) is 1.81. The van der Waals surface area contributed by atoms with Crippen LogP contribution >= 0.6 is 15.9 Å². The lowest BCUT2D eigenvalue weighted by molar-refractivity contribution is 0.610. The van der Waals surface area contributed by atoms with Crippen LogP contribution in [0.5, 0.6) is 0 Å². The molecule has 13 heavy (non-hydrogen) atoms. The van der Waals surface area contributed by atoms with E-state index in [1.807, 2.05) is 13.1 Å². The van der Waals surface area contributed by atoms with Gasteiger partial charge >= 0.3 is 0 Å². The van der Waals surface area contributed by atoms with Gasteiger partial charge in [-0.3, -0.25) is 0 Å². The zero-order valence-corrected chi connectivity index (χ0v) is 8.94. The third-order valence-corrected chi connectivity index (χ3v) is 2.19. The number of hydrogen-bond acceptors (Lipinski definition) is 2. The Morgan fingerprint density at radius 1 is 1.54 bits per heavy atom. The lowest BCUT2D eigenvalue weighted by Gasteiger charge is -2.11. The van der Waals surface area contributed by atoms with Gasteiger partial charge in [0.25, 0.3) is 0 Å². The smallest absolute Gasteiger partial charge is 0.124 e. The summed E-state index contributed by atoms with van der Waals surface area (Å²) in [6.45, 7) is 0.635. The van der Waals surface area contributed by atoms with Crippen molar-refractivity contribution in [1.29, 1.82) is 0 Å². The summed E-state index contributed by atoms with van der Waals surface area (Å²) in [5.41, 5.74) is 6.59. The topological polar surface area (TPSA) is 38.0 Å². The molecular formula is C9H12BrFN2. The van der Waals surface area contributed by atoms with Crippen LogP contribution in [0.1, 0.15) is 11.6 Å². The highest BCUT2D eigenvalue weighted by molar-refractivity contribution is 9.10. The molecule has 0 bridgehead atoms. The Labute approximate surface area is 85.4 Å². The molecular weight excluding hydrogens is 235 g/mol. The van der Waals surface area contributed by atoms with E-state index in [2.05, 4.69) is 21.2 Å². The van der Waals surface area contributed by atoms with Gasteiger partial charge in [0, 0.05) is 17.1 Å². The third-order valence-electron chi connectivity index (χ3n) is 1.74. The number of hydrogen-bond donors (Lipinski definition) is 2. The number of nitrogens with two attached hydrogens (primary N) is 1. The molecule has 0 aromatic heterocycles. The molecule has 0 fully saturated rings. The molecule has 4 heteroatoms. The minimum Gasteiger partial charge on any atom is -0.323 e. The fourth-order valence-corrected chi connectivity index (χ4v) is 1.61. The number of benzene rings is 1. The molecule has 1 aromatic carbocycles. The minimum atomic E-state index is -0.268. The Hall–Kier alpha value is -0.450. The molecule has 72 valence electrons. The Kier molecular flexibility index (Phi) is 3.84. The standard InChI is InChI=1S/C9H12BrFN2/c1-13-5-9(12)6-2-7(10)4-8(11)3-6/h2-4,9,13H,5,12H2,1H3/t9-/m1/s1. The summed E-state index contributed by atoms with van der Waals surface area (Å²) in [6.07, 6.45) is 0. The van der Waals surface area contributed by atoms with Gasteiger partial charge < -0.3 is 11.1 Å². The second-order valence-electron chi connectivity index (χ2n) is 2.87. The van der Waals surface area contributed by atoms with E-state index in [4.69, 9.17) is 5.73 Å². The van der Waals surface area contributed by atoms with Gasteiger partial charge in [-0.2, -0.15) is 0 Å². The van der Waals surface area contributed by atoms with E-state index in [-0.39, 0.29) is 11.9 Å². The van der Waals surface area contributed by atoms with Gasteiger partial charge in [0.2, 0.25) is 0 Å². The van der Waals surface area contributed by atoms with Crippen LogP contribution in [0.4, 0.5) is 4.39 Å². The molecule has 0 aliphatic heterocycles. The van der Waals surface area contributed by atoms with Crippen molar-refractivity contribution in [3.8, 4) is 0 Å². The van der Waals surface area contributed by atoms with Crippen LogP contribution in [0.2, 0.25) is 0 Å². The highest BCUT2D eigenvalue weighted by Gasteiger charge is 2.06. The Morgan fingerprint density at radius 3 is 2.77 bits per heavy atom. The van der Waals surface area contributed by atoms with E-state index in [1.54, 1.807) is 0 Å². The minimum absolute atomic E-state index is 0.169. The lowest BCUT2D eigenvalue weighted by Crippen LogP contribution is -2.24. The average Bonchev–Trinajstić information content (AvgIpc) is 2.03. The van der Waals surface area contributed by atoms with Crippen molar-refractivity contribution in [2.45, 2.75) is 6.04 Å². The fourth-order valence-electron chi connectivity index (χ4n) is 1.13. The Morgan fingerprint density at radius 2 is 2.23 bits per heavy atom. The fraction of sp³-hybridized carbons (Fsp3) is 0.333. The van der Waals surface area contributed by atoms with Crippen molar-refractivity contribution in [2.75, 3.05) is 13.6 Å². The Bertz CT molecular complexity index is 271. The first-order valence-corrected chi connectivity index (χ1v) is 4.79. The third kappa shape index (κ3) is 3.06. The van der Waals surface area contributed by atoms with Crippen LogP contribution in [-0.2, 0) is 0 Å². The molecule has 0 saturated heterocycles. The van der Waals surface area contributed by atoms with Gasteiger partial charge in [0.15, 0.2) is 0 Å². The maximum absolute atomic E-state index is 12.9. The molecule has 1 atom stereocenters. The van der Waals surface area contributed by atoms with E-state index in [9.17, 15) is 4.39 Å². The van der Waals surface area contributed by atoms with E-state index >= 15 is 0 Å². The summed E-state index contributed by atoms with van der Waals surface area (Å²) in [4.78, 5) is 0. The molecule has 0 amide bonds. The molecule has 1 aromatic rings. The average molecular weight is 247 g/mol. The van der Waals surface area contributed by atoms with Crippen molar-refractivity contribution < 1.29 is 4.39 Å². The number of halogens is 2. The maximum atomic E-state index is 12.9. The molecule has 0 aliphatic carbocycles. The summed E-state index contributed by atoms with van der Waals surface area (Å²) < 4.78 is 13.6. The second-order valence-corrected chi connectivity index (χ2v) is 3.78. The van der Waals surface area contributed by atoms with Crippen LogP contribution < -0.4 is 11.1 Å². The molecule has 0 radical (unpaired) electrons. The largest absolute Gasteiger partial charge is 0.323 e. The number of nitrogens with one attached hydrogen (secondary N) is 1. The predicted molar refractivity (Wildman–Crippen MR) is 55.0 cm³/mol. The molecule has 0 saturated carbocycles. The number of rotatable bonds is 3. The first-order valence-electron chi connectivity index (χ1n) is 3.99. The van der Waals surface area contributed by atoms with Crippen molar-refractivity contribution in [3.63, 3.8) is 0 Å². The SMILES string of the molecule is CNC[C@@H](N)c1cc(F)cc(Br)c1. The Balaban J connectivity index is 2.87. The van der Waals surface area contributed by atoms with Crippen molar-refractivity contribution >= 4 is 15.9 Å². The van der Waals surface area contributed by atoms with Gasteiger partial charge in [-0.05, 0) is 30.8 Å². The van der Waals surface area contributed by atoms with Crippen molar-refractivity contribution in [1.82, 2.24) is 5.32 Å². The quantitative estimate of drug-likeness (QED) is 0.854. The van der Waals surface area contributed by atoms with Crippen LogP contribution in [-0.4, -0.2) is 13.6 Å². The summed E-state index contributed by atoms with van der Waals surface area (Å²) in [6, 6.07) is 4.52. The first-order chi connectivity index (χ1) is 6.13. The van der Waals surface area contributed by atoms with Crippen LogP contribution in [0.15, 0.2) is 22.7 Å². The van der Waals surface area contributed by atoms with Gasteiger partial charge in [0.05, 0.1) is 0 Å². The van der Waals surface area contributed by atoms with Gasteiger partial charge in [-0.25, -0.2) is 4.39 Å². The summed E-state index contributed by atoms with van der Waals surface area (Å²) in [5.74, 6) is -0.268. The summed E-state index contributed by atoms with van der Waals surface area (Å²) in [7, 11) is 1.81. The zero-order chi connectivity index (χ0) is 9.84. The van der Waals surface area contributed by atoms with Crippen molar-refractivity contribution in [2.24, 2.45) is 5.73 Å². The van der Waals surface area contributed by atoms with Crippen LogP contribution in [0.3, 0.4) is 0 Å². The first kappa shape index (κ1) is 10.6. The summed E-state index contributed by atoms with van der Waals surface area (Å²) >= 11 is 3.22. The van der Waals surface area contributed by atoms with E-state index < -0.39 is 0 Å². The highest BCUT2D eigenvalue weighted by Crippen LogP contribution is 2.18. The van der Waals surface area contributed by atoms with Gasteiger partial charge in [-0.1, -0.05) is 15.9 Å². The zero-order valence-electron chi connectivity index (χ0n) is 7.35. The van der Waals surface area contributed by atoms with Gasteiger partial charge in [0.1, 0.15) is 5.82 Å². The molecule has 0 heterocycles. The van der Waals surface area contributed by atoms with Crippen molar-refractivity contribution in [3.05, 3.63) is 34.1 Å². The van der Waals surface area contributed by atoms with E-state index in [1.165, 1.54) is 12.1 Å². The lowest BCUT2D eigenvalue weighted by atomic mass is 10.1. The molecule has 0 spiro atoms. The van der Waals surface area contributed by atoms with Crippen LogP contribution in [0, 0.1) is 5.82 Å². The van der Waals surface area contributed by atoms with Gasteiger partial charge in [-0.15, -0.1) is 0 Å². The molecule has 1 rings (SSSR count). The molecule has 0 unspecified atom stereocenters. The summed E-state index contributed by atoms with van der Waals surface area (Å²) in [5, 5.41) is 2.94. The highest BCUT2D eigenvalue weighted by atomic mass is 79.9. The molecule has 0 aliphatic rings. The van der Waals surface area contributed by atoms with E-state index in [0.29, 0.717) is 11.0 Å². The molecule has 3 N–H and O–H groups in total. The second kappa shape index (κ2) is 4.69. The molecule has 2 nitrogen and oxygen atoms in total. The normalized spacial score (nSPS) is 12.9. The van der Waals surface area contributed by atoms with Crippen LogP contribution in [0.25, 0.3) is 0 Å². The maximum Gasteiger partial charge on any atom is 0.124 e.